The number of carbonyl (C=O) groups is 1. The van der Waals surface area contributed by atoms with E-state index < -0.39 is 0 Å². The van der Waals surface area contributed by atoms with E-state index in [2.05, 4.69) is 30.9 Å². The van der Waals surface area contributed by atoms with Gasteiger partial charge in [0.2, 0.25) is 0 Å². The molecule has 0 saturated carbocycles. The van der Waals surface area contributed by atoms with Crippen molar-refractivity contribution >= 4 is 34.5 Å². The van der Waals surface area contributed by atoms with Crippen molar-refractivity contribution in [3.05, 3.63) is 59.9 Å². The number of ether oxygens (including phenoxy) is 1. The van der Waals surface area contributed by atoms with E-state index in [1.165, 1.54) is 0 Å². The van der Waals surface area contributed by atoms with Crippen molar-refractivity contribution in [2.45, 2.75) is 18.9 Å². The number of piperidine rings is 1. The predicted molar refractivity (Wildman–Crippen MR) is 131 cm³/mol. The molecule has 34 heavy (non-hydrogen) atoms. The Labute approximate surface area is 201 Å². The third-order valence-corrected chi connectivity index (χ3v) is 6.78. The number of carbonyl (C=O) groups excluding carboxylic acids is 1. The van der Waals surface area contributed by atoms with Crippen LogP contribution in [-0.2, 0) is 4.74 Å². The number of hydrogen-bond donors (Lipinski definition) is 1. The molecule has 1 N–H and O–H groups in total. The zero-order valence-corrected chi connectivity index (χ0v) is 19.2. The lowest BCUT2D eigenvalue weighted by Gasteiger charge is -2.36. The first-order valence-electron chi connectivity index (χ1n) is 11.4. The SMILES string of the molecule is O=C1OCCN1C1CCN(c2ccc(-c3ccc(-c4nc5ccc(Cl)cc5[nH]4)cn3)cn2)CC1. The molecule has 3 aromatic heterocycles. The van der Waals surface area contributed by atoms with Crippen molar-refractivity contribution in [2.24, 2.45) is 0 Å². The van der Waals surface area contributed by atoms with E-state index in [9.17, 15) is 4.79 Å². The molecular formula is C25H23ClN6O2. The summed E-state index contributed by atoms with van der Waals surface area (Å²) in [5.74, 6) is 1.71. The average Bonchev–Trinajstić information content (AvgIpc) is 3.50. The molecule has 0 atom stereocenters. The van der Waals surface area contributed by atoms with Crippen molar-refractivity contribution in [1.82, 2.24) is 24.8 Å². The highest BCUT2D eigenvalue weighted by Gasteiger charge is 2.32. The van der Waals surface area contributed by atoms with Crippen LogP contribution in [0.5, 0.6) is 0 Å². The summed E-state index contributed by atoms with van der Waals surface area (Å²) >= 11 is 6.07. The largest absolute Gasteiger partial charge is 0.448 e. The highest BCUT2D eigenvalue weighted by atomic mass is 35.5. The number of imidazole rings is 1. The molecule has 2 fully saturated rings. The fourth-order valence-corrected chi connectivity index (χ4v) is 4.86. The zero-order chi connectivity index (χ0) is 23.1. The summed E-state index contributed by atoms with van der Waals surface area (Å²) in [6.45, 7) is 2.95. The number of nitrogens with zero attached hydrogens (tertiary/aromatic N) is 5. The molecule has 0 radical (unpaired) electrons. The number of aromatic amines is 1. The molecule has 9 heteroatoms. The second-order valence-corrected chi connectivity index (χ2v) is 9.05. The molecule has 1 amide bonds. The Morgan fingerprint density at radius 3 is 2.50 bits per heavy atom. The number of nitrogens with one attached hydrogen (secondary N) is 1. The van der Waals surface area contributed by atoms with Crippen molar-refractivity contribution in [3.63, 3.8) is 0 Å². The van der Waals surface area contributed by atoms with Gasteiger partial charge in [-0.1, -0.05) is 11.6 Å². The minimum atomic E-state index is -0.177. The van der Waals surface area contributed by atoms with E-state index >= 15 is 0 Å². The molecule has 0 spiro atoms. The lowest BCUT2D eigenvalue weighted by molar-refractivity contribution is 0.142. The molecular weight excluding hydrogens is 452 g/mol. The summed E-state index contributed by atoms with van der Waals surface area (Å²) in [5, 5.41) is 0.674. The Morgan fingerprint density at radius 2 is 1.79 bits per heavy atom. The predicted octanol–water partition coefficient (Wildman–Crippen LogP) is 4.76. The number of benzene rings is 1. The minimum absolute atomic E-state index is 0.177. The number of amides is 1. The number of rotatable bonds is 4. The summed E-state index contributed by atoms with van der Waals surface area (Å²) in [4.78, 5) is 33.2. The quantitative estimate of drug-likeness (QED) is 0.458. The number of halogens is 1. The van der Waals surface area contributed by atoms with E-state index in [0.717, 1.165) is 65.4 Å². The molecule has 0 bridgehead atoms. The second-order valence-electron chi connectivity index (χ2n) is 8.61. The molecule has 1 aromatic carbocycles. The van der Waals surface area contributed by atoms with Gasteiger partial charge in [-0.3, -0.25) is 4.98 Å². The smallest absolute Gasteiger partial charge is 0.410 e. The maximum absolute atomic E-state index is 11.8. The topological polar surface area (TPSA) is 87.2 Å². The lowest BCUT2D eigenvalue weighted by atomic mass is 10.0. The number of cyclic esters (lactones) is 1. The number of fused-ring (bicyclic) bond motifs is 1. The summed E-state index contributed by atoms with van der Waals surface area (Å²) in [6, 6.07) is 13.9. The minimum Gasteiger partial charge on any atom is -0.448 e. The second kappa shape index (κ2) is 8.61. The standard InChI is InChI=1S/C25H23ClN6O2/c26-18-3-5-21-22(13-18)30-24(29-21)17-1-4-20(27-15-17)16-2-6-23(28-14-16)31-9-7-19(8-10-31)32-11-12-34-25(32)33/h1-6,13-15,19H,7-12H2,(H,29,30). The number of hydrogen-bond acceptors (Lipinski definition) is 6. The van der Waals surface area contributed by atoms with E-state index in [1.807, 2.05) is 53.7 Å². The fraction of sp³-hybridized carbons (Fsp3) is 0.280. The Kier molecular flexibility index (Phi) is 5.30. The maximum Gasteiger partial charge on any atom is 0.410 e. The highest BCUT2D eigenvalue weighted by Crippen LogP contribution is 2.27. The van der Waals surface area contributed by atoms with Crippen molar-refractivity contribution in [2.75, 3.05) is 31.1 Å². The van der Waals surface area contributed by atoms with Crippen LogP contribution in [0.2, 0.25) is 5.02 Å². The Hall–Kier alpha value is -3.65. The van der Waals surface area contributed by atoms with Crippen LogP contribution < -0.4 is 4.90 Å². The first-order chi connectivity index (χ1) is 16.6. The normalized spacial score (nSPS) is 16.9. The Balaban J connectivity index is 1.13. The lowest BCUT2D eigenvalue weighted by Crippen LogP contribution is -2.45. The van der Waals surface area contributed by atoms with Crippen LogP contribution in [-0.4, -0.2) is 63.2 Å². The zero-order valence-electron chi connectivity index (χ0n) is 18.4. The average molecular weight is 475 g/mol. The van der Waals surface area contributed by atoms with Crippen LogP contribution in [0.15, 0.2) is 54.9 Å². The van der Waals surface area contributed by atoms with Crippen molar-refractivity contribution < 1.29 is 9.53 Å². The van der Waals surface area contributed by atoms with Crippen LogP contribution >= 0.6 is 11.6 Å². The monoisotopic (exact) mass is 474 g/mol. The fourth-order valence-electron chi connectivity index (χ4n) is 4.69. The van der Waals surface area contributed by atoms with Crippen LogP contribution in [0, 0.1) is 0 Å². The van der Waals surface area contributed by atoms with Crippen LogP contribution in [0.1, 0.15) is 12.8 Å². The molecule has 8 nitrogen and oxygen atoms in total. The van der Waals surface area contributed by atoms with Crippen LogP contribution in [0.25, 0.3) is 33.7 Å². The first-order valence-corrected chi connectivity index (χ1v) is 11.8. The van der Waals surface area contributed by atoms with Gasteiger partial charge in [0.15, 0.2) is 0 Å². The summed E-state index contributed by atoms with van der Waals surface area (Å²) < 4.78 is 5.08. The van der Waals surface area contributed by atoms with Gasteiger partial charge < -0.3 is 19.5 Å². The number of pyridine rings is 2. The molecule has 4 aromatic rings. The summed E-state index contributed by atoms with van der Waals surface area (Å²) in [6.07, 6.45) is 5.36. The Bertz CT molecular complexity index is 1330. The summed E-state index contributed by atoms with van der Waals surface area (Å²) in [5.41, 5.74) is 4.49. The van der Waals surface area contributed by atoms with Gasteiger partial charge in [0, 0.05) is 47.7 Å². The number of H-pyrrole nitrogens is 1. The van der Waals surface area contributed by atoms with Crippen LogP contribution in [0.4, 0.5) is 10.6 Å². The molecule has 2 aliphatic heterocycles. The van der Waals surface area contributed by atoms with E-state index in [4.69, 9.17) is 16.3 Å². The number of anilines is 1. The summed E-state index contributed by atoms with van der Waals surface area (Å²) in [7, 11) is 0. The van der Waals surface area contributed by atoms with Gasteiger partial charge >= 0.3 is 6.09 Å². The van der Waals surface area contributed by atoms with Crippen LogP contribution in [0.3, 0.4) is 0 Å². The van der Waals surface area contributed by atoms with Gasteiger partial charge in [0.05, 0.1) is 23.3 Å². The molecule has 172 valence electrons. The molecule has 5 heterocycles. The molecule has 0 unspecified atom stereocenters. The first kappa shape index (κ1) is 20.9. The van der Waals surface area contributed by atoms with Gasteiger partial charge in [-0.25, -0.2) is 14.8 Å². The molecule has 2 aliphatic rings. The Morgan fingerprint density at radius 1 is 0.971 bits per heavy atom. The van der Waals surface area contributed by atoms with Crippen molar-refractivity contribution in [1.29, 1.82) is 0 Å². The van der Waals surface area contributed by atoms with Gasteiger partial charge in [-0.2, -0.15) is 0 Å². The van der Waals surface area contributed by atoms with Crippen molar-refractivity contribution in [3.8, 4) is 22.6 Å². The van der Waals surface area contributed by atoms with E-state index in [0.29, 0.717) is 18.2 Å². The third-order valence-electron chi connectivity index (χ3n) is 6.55. The number of aromatic nitrogens is 4. The molecule has 2 saturated heterocycles. The van der Waals surface area contributed by atoms with Gasteiger partial charge in [-0.05, 0) is 55.3 Å². The highest BCUT2D eigenvalue weighted by molar-refractivity contribution is 6.31. The van der Waals surface area contributed by atoms with Gasteiger partial charge in [-0.15, -0.1) is 0 Å². The van der Waals surface area contributed by atoms with Gasteiger partial charge in [0.25, 0.3) is 0 Å². The maximum atomic E-state index is 11.8. The molecule has 6 rings (SSSR count). The third kappa shape index (κ3) is 3.94. The molecule has 0 aliphatic carbocycles. The van der Waals surface area contributed by atoms with E-state index in [1.54, 1.807) is 0 Å². The van der Waals surface area contributed by atoms with Gasteiger partial charge in [0.1, 0.15) is 18.2 Å². The van der Waals surface area contributed by atoms with E-state index in [-0.39, 0.29) is 12.1 Å².